The van der Waals surface area contributed by atoms with Gasteiger partial charge in [0.2, 0.25) is 0 Å². The van der Waals surface area contributed by atoms with Crippen molar-refractivity contribution in [1.82, 2.24) is 15.3 Å². The Morgan fingerprint density at radius 3 is 3.05 bits per heavy atom. The third-order valence-electron chi connectivity index (χ3n) is 4.29. The predicted octanol–water partition coefficient (Wildman–Crippen LogP) is 3.76. The first-order valence-corrected chi connectivity index (χ1v) is 7.56. The molecule has 0 spiro atoms. The first-order chi connectivity index (χ1) is 10.2. The van der Waals surface area contributed by atoms with Crippen molar-refractivity contribution in [2.24, 2.45) is 0 Å². The number of fused-ring (bicyclic) bond motifs is 3. The topological polar surface area (TPSA) is 40.7 Å². The highest BCUT2D eigenvalue weighted by Gasteiger charge is 2.26. The molecule has 3 aromatic rings. The summed E-state index contributed by atoms with van der Waals surface area (Å²) < 4.78 is 0. The number of rotatable bonds is 1. The van der Waals surface area contributed by atoms with Gasteiger partial charge in [-0.15, -0.1) is 0 Å². The minimum Gasteiger partial charge on any atom is -0.357 e. The molecule has 106 valence electrons. The lowest BCUT2D eigenvalue weighted by molar-refractivity contribution is 0.558. The number of aromatic amines is 1. The van der Waals surface area contributed by atoms with Crippen molar-refractivity contribution in [3.05, 3.63) is 64.1 Å². The Kier molecular flexibility index (Phi) is 2.98. The number of pyridine rings is 1. The zero-order chi connectivity index (χ0) is 14.4. The number of hydrogen-bond donors (Lipinski definition) is 2. The Hall–Kier alpha value is -1.84. The summed E-state index contributed by atoms with van der Waals surface area (Å²) >= 11 is 6.16. The van der Waals surface area contributed by atoms with Crippen molar-refractivity contribution in [3.8, 4) is 0 Å². The molecule has 4 heteroatoms. The number of nitrogens with zero attached hydrogens (tertiary/aromatic N) is 1. The van der Waals surface area contributed by atoms with Crippen LogP contribution in [0.1, 0.15) is 28.4 Å². The average Bonchev–Trinajstić information content (AvgIpc) is 2.86. The zero-order valence-electron chi connectivity index (χ0n) is 11.8. The summed E-state index contributed by atoms with van der Waals surface area (Å²) in [5, 5.41) is 5.65. The second kappa shape index (κ2) is 4.86. The lowest BCUT2D eigenvalue weighted by Crippen LogP contribution is -2.30. The minimum atomic E-state index is 0.197. The predicted molar refractivity (Wildman–Crippen MR) is 85.8 cm³/mol. The summed E-state index contributed by atoms with van der Waals surface area (Å²) in [5.74, 6) is 0. The van der Waals surface area contributed by atoms with E-state index in [1.807, 2.05) is 18.5 Å². The summed E-state index contributed by atoms with van der Waals surface area (Å²) in [4.78, 5) is 7.77. The highest BCUT2D eigenvalue weighted by Crippen LogP contribution is 2.35. The van der Waals surface area contributed by atoms with Gasteiger partial charge in [0.1, 0.15) is 0 Å². The van der Waals surface area contributed by atoms with E-state index in [0.717, 1.165) is 23.5 Å². The van der Waals surface area contributed by atoms with Gasteiger partial charge in [-0.3, -0.25) is 4.98 Å². The number of benzene rings is 1. The molecule has 0 bridgehead atoms. The maximum atomic E-state index is 6.16. The molecule has 1 aromatic carbocycles. The summed E-state index contributed by atoms with van der Waals surface area (Å²) in [6.07, 6.45) is 4.80. The van der Waals surface area contributed by atoms with Crippen LogP contribution in [0.25, 0.3) is 10.9 Å². The molecule has 3 nitrogen and oxygen atoms in total. The summed E-state index contributed by atoms with van der Waals surface area (Å²) in [6, 6.07) is 8.36. The van der Waals surface area contributed by atoms with Gasteiger partial charge in [-0.2, -0.15) is 0 Å². The molecular weight excluding hydrogens is 282 g/mol. The quantitative estimate of drug-likeness (QED) is 0.718. The van der Waals surface area contributed by atoms with Crippen LogP contribution in [0.15, 0.2) is 36.7 Å². The molecule has 21 heavy (non-hydrogen) atoms. The highest BCUT2D eigenvalue weighted by atomic mass is 35.5. The summed E-state index contributed by atoms with van der Waals surface area (Å²) in [7, 11) is 0. The fraction of sp³-hybridized carbons (Fsp3) is 0.235. The van der Waals surface area contributed by atoms with Crippen LogP contribution in [0.4, 0.5) is 0 Å². The van der Waals surface area contributed by atoms with Gasteiger partial charge in [-0.1, -0.05) is 11.6 Å². The van der Waals surface area contributed by atoms with Gasteiger partial charge in [0.15, 0.2) is 0 Å². The Balaban J connectivity index is 1.92. The molecular formula is C17H16ClN3. The van der Waals surface area contributed by atoms with Gasteiger partial charge >= 0.3 is 0 Å². The van der Waals surface area contributed by atoms with Crippen molar-refractivity contribution in [3.63, 3.8) is 0 Å². The Bertz CT molecular complexity index is 822. The Morgan fingerprint density at radius 1 is 1.29 bits per heavy atom. The van der Waals surface area contributed by atoms with Crippen molar-refractivity contribution in [2.75, 3.05) is 6.54 Å². The second-order valence-electron chi connectivity index (χ2n) is 5.58. The maximum Gasteiger partial charge on any atom is 0.0736 e. The lowest BCUT2D eigenvalue weighted by atomic mass is 9.93. The van der Waals surface area contributed by atoms with Crippen molar-refractivity contribution in [2.45, 2.75) is 19.4 Å². The number of hydrogen-bond acceptors (Lipinski definition) is 2. The number of nitrogens with one attached hydrogen (secondary N) is 2. The zero-order valence-corrected chi connectivity index (χ0v) is 12.5. The molecule has 0 radical (unpaired) electrons. The molecule has 4 rings (SSSR count). The summed E-state index contributed by atoms with van der Waals surface area (Å²) in [5.41, 5.74) is 6.29. The van der Waals surface area contributed by atoms with E-state index in [0.29, 0.717) is 0 Å². The third-order valence-corrected chi connectivity index (χ3v) is 4.52. The van der Waals surface area contributed by atoms with Crippen LogP contribution in [-0.2, 0) is 6.42 Å². The van der Waals surface area contributed by atoms with Gasteiger partial charge in [-0.05, 0) is 54.3 Å². The highest BCUT2D eigenvalue weighted by molar-refractivity contribution is 6.31. The third kappa shape index (κ3) is 2.04. The first-order valence-electron chi connectivity index (χ1n) is 7.18. The fourth-order valence-electron chi connectivity index (χ4n) is 3.27. The van der Waals surface area contributed by atoms with Crippen LogP contribution in [-0.4, -0.2) is 16.5 Å². The van der Waals surface area contributed by atoms with Crippen molar-refractivity contribution in [1.29, 1.82) is 0 Å². The van der Waals surface area contributed by atoms with Crippen LogP contribution in [0.3, 0.4) is 0 Å². The molecule has 1 atom stereocenters. The van der Waals surface area contributed by atoms with E-state index in [2.05, 4.69) is 40.4 Å². The van der Waals surface area contributed by atoms with E-state index in [1.54, 1.807) is 0 Å². The van der Waals surface area contributed by atoms with Crippen LogP contribution in [0.5, 0.6) is 0 Å². The fourth-order valence-corrected chi connectivity index (χ4v) is 3.45. The molecule has 3 heterocycles. The molecule has 1 aliphatic heterocycles. The molecule has 0 saturated heterocycles. The van der Waals surface area contributed by atoms with E-state index < -0.39 is 0 Å². The van der Waals surface area contributed by atoms with Gasteiger partial charge in [0.05, 0.1) is 6.04 Å². The van der Waals surface area contributed by atoms with Crippen LogP contribution in [0, 0.1) is 6.92 Å². The number of aryl methyl sites for hydroxylation is 1. The molecule has 1 unspecified atom stereocenters. The molecule has 1 aliphatic rings. The van der Waals surface area contributed by atoms with Gasteiger partial charge in [0.25, 0.3) is 0 Å². The average molecular weight is 298 g/mol. The van der Waals surface area contributed by atoms with Gasteiger partial charge in [-0.25, -0.2) is 0 Å². The second-order valence-corrected chi connectivity index (χ2v) is 6.01. The molecule has 0 saturated carbocycles. The molecule has 2 N–H and O–H groups in total. The number of H-pyrrole nitrogens is 1. The standard InChI is InChI=1S/C17H16ClN3/c1-10-9-19-6-4-12(10)16-17-13(5-7-20-16)14-8-11(18)2-3-15(14)21-17/h2-4,6,8-9,16,20-21H,5,7H2,1H3. The maximum absolute atomic E-state index is 6.16. The number of aromatic nitrogens is 2. The normalized spacial score (nSPS) is 17.9. The SMILES string of the molecule is Cc1cnccc1C1NCCc2c1[nH]c1ccc(Cl)cc21. The van der Waals surface area contributed by atoms with Gasteiger partial charge in [0, 0.05) is 40.6 Å². The van der Waals surface area contributed by atoms with Crippen molar-refractivity contribution >= 4 is 22.5 Å². The van der Waals surface area contributed by atoms with E-state index in [-0.39, 0.29) is 6.04 Å². The minimum absolute atomic E-state index is 0.197. The molecule has 0 fully saturated rings. The molecule has 0 aliphatic carbocycles. The monoisotopic (exact) mass is 297 g/mol. The summed E-state index contributed by atoms with van der Waals surface area (Å²) in [6.45, 7) is 3.08. The van der Waals surface area contributed by atoms with Crippen LogP contribution >= 0.6 is 11.6 Å². The van der Waals surface area contributed by atoms with Gasteiger partial charge < -0.3 is 10.3 Å². The van der Waals surface area contributed by atoms with Crippen molar-refractivity contribution < 1.29 is 0 Å². The van der Waals surface area contributed by atoms with E-state index in [4.69, 9.17) is 11.6 Å². The Labute approximate surface area is 128 Å². The van der Waals surface area contributed by atoms with E-state index >= 15 is 0 Å². The van der Waals surface area contributed by atoms with Crippen LogP contribution in [0.2, 0.25) is 5.02 Å². The molecule has 0 amide bonds. The lowest BCUT2D eigenvalue weighted by Gasteiger charge is -2.25. The Morgan fingerprint density at radius 2 is 2.19 bits per heavy atom. The van der Waals surface area contributed by atoms with Crippen LogP contribution < -0.4 is 5.32 Å². The van der Waals surface area contributed by atoms with E-state index in [9.17, 15) is 0 Å². The molecule has 2 aromatic heterocycles. The first kappa shape index (κ1) is 12.9. The van der Waals surface area contributed by atoms with E-state index in [1.165, 1.54) is 27.8 Å². The number of halogens is 1. The largest absolute Gasteiger partial charge is 0.357 e. The smallest absolute Gasteiger partial charge is 0.0736 e.